The van der Waals surface area contributed by atoms with E-state index in [1.165, 1.54) is 25.7 Å². The summed E-state index contributed by atoms with van der Waals surface area (Å²) < 4.78 is 5.08. The van der Waals surface area contributed by atoms with Crippen molar-refractivity contribution in [2.45, 2.75) is 38.1 Å². The van der Waals surface area contributed by atoms with Crippen LogP contribution in [-0.4, -0.2) is 24.0 Å². The molecule has 20 heavy (non-hydrogen) atoms. The van der Waals surface area contributed by atoms with Gasteiger partial charge in [-0.3, -0.25) is 14.9 Å². The fourth-order valence-corrected chi connectivity index (χ4v) is 2.57. The molecule has 108 valence electrons. The third kappa shape index (κ3) is 3.07. The maximum absolute atomic E-state index is 12.3. The van der Waals surface area contributed by atoms with E-state index < -0.39 is 10.8 Å². The van der Waals surface area contributed by atoms with Crippen molar-refractivity contribution < 1.29 is 14.5 Å². The van der Waals surface area contributed by atoms with Gasteiger partial charge in [0, 0.05) is 12.1 Å². The van der Waals surface area contributed by atoms with Gasteiger partial charge < -0.3 is 10.1 Å². The Hall–Kier alpha value is -2.11. The molecule has 0 aromatic heterocycles. The minimum Gasteiger partial charge on any atom is -0.496 e. The topological polar surface area (TPSA) is 81.5 Å². The lowest BCUT2D eigenvalue weighted by Gasteiger charge is -2.23. The smallest absolute Gasteiger partial charge is 0.285 e. The number of carbonyl (C=O) groups is 1. The van der Waals surface area contributed by atoms with E-state index in [4.69, 9.17) is 4.74 Å². The average molecular weight is 278 g/mol. The molecule has 1 aromatic carbocycles. The Bertz CT molecular complexity index is 510. The highest BCUT2D eigenvalue weighted by Crippen LogP contribution is 2.28. The number of amides is 1. The SMILES string of the molecule is COc1cccc([N+](=O)[O-])c1C(=O)NC1CCCCC1. The van der Waals surface area contributed by atoms with Crippen LogP contribution in [0.25, 0.3) is 0 Å². The fraction of sp³-hybridized carbons (Fsp3) is 0.500. The summed E-state index contributed by atoms with van der Waals surface area (Å²) >= 11 is 0. The summed E-state index contributed by atoms with van der Waals surface area (Å²) in [6.45, 7) is 0. The van der Waals surface area contributed by atoms with Gasteiger partial charge in [-0.15, -0.1) is 0 Å². The molecule has 0 radical (unpaired) electrons. The van der Waals surface area contributed by atoms with E-state index in [0.717, 1.165) is 25.7 Å². The van der Waals surface area contributed by atoms with Gasteiger partial charge in [-0.05, 0) is 18.9 Å². The highest BCUT2D eigenvalue weighted by Gasteiger charge is 2.26. The Morgan fingerprint density at radius 1 is 1.35 bits per heavy atom. The molecule has 2 rings (SSSR count). The van der Waals surface area contributed by atoms with Crippen LogP contribution in [0.3, 0.4) is 0 Å². The molecule has 1 aromatic rings. The van der Waals surface area contributed by atoms with Crippen molar-refractivity contribution >= 4 is 11.6 Å². The van der Waals surface area contributed by atoms with Crippen molar-refractivity contribution in [3.8, 4) is 5.75 Å². The summed E-state index contributed by atoms with van der Waals surface area (Å²) in [6, 6.07) is 4.48. The van der Waals surface area contributed by atoms with Crippen LogP contribution >= 0.6 is 0 Å². The number of rotatable bonds is 4. The zero-order valence-corrected chi connectivity index (χ0v) is 11.4. The van der Waals surface area contributed by atoms with Crippen molar-refractivity contribution in [1.29, 1.82) is 0 Å². The third-order valence-electron chi connectivity index (χ3n) is 3.59. The molecule has 1 amide bonds. The van der Waals surface area contributed by atoms with Gasteiger partial charge in [-0.2, -0.15) is 0 Å². The molecule has 0 atom stereocenters. The number of nitro groups is 1. The highest BCUT2D eigenvalue weighted by atomic mass is 16.6. The van der Waals surface area contributed by atoms with Crippen molar-refractivity contribution in [1.82, 2.24) is 5.32 Å². The second kappa shape index (κ2) is 6.36. The summed E-state index contributed by atoms with van der Waals surface area (Å²) in [6.07, 6.45) is 5.20. The second-order valence-electron chi connectivity index (χ2n) is 4.92. The molecule has 0 unspecified atom stereocenters. The van der Waals surface area contributed by atoms with Crippen molar-refractivity contribution in [3.05, 3.63) is 33.9 Å². The number of methoxy groups -OCH3 is 1. The molecule has 1 aliphatic carbocycles. The molecule has 1 fully saturated rings. The lowest BCUT2D eigenvalue weighted by molar-refractivity contribution is -0.385. The molecule has 0 heterocycles. The zero-order valence-electron chi connectivity index (χ0n) is 11.4. The molecule has 0 aliphatic heterocycles. The van der Waals surface area contributed by atoms with Crippen LogP contribution in [0.15, 0.2) is 18.2 Å². The lowest BCUT2D eigenvalue weighted by Crippen LogP contribution is -2.36. The Labute approximate surface area is 117 Å². The van der Waals surface area contributed by atoms with E-state index in [1.54, 1.807) is 6.07 Å². The van der Waals surface area contributed by atoms with E-state index in [0.29, 0.717) is 0 Å². The van der Waals surface area contributed by atoms with Crippen molar-refractivity contribution in [3.63, 3.8) is 0 Å². The van der Waals surface area contributed by atoms with Crippen LogP contribution in [0, 0.1) is 10.1 Å². The first kappa shape index (κ1) is 14.3. The molecule has 1 N–H and O–H groups in total. The van der Waals surface area contributed by atoms with E-state index in [9.17, 15) is 14.9 Å². The summed E-state index contributed by atoms with van der Waals surface area (Å²) in [7, 11) is 1.40. The van der Waals surface area contributed by atoms with Crippen LogP contribution in [0.4, 0.5) is 5.69 Å². The molecule has 6 heteroatoms. The number of hydrogen-bond donors (Lipinski definition) is 1. The number of benzene rings is 1. The van der Waals surface area contributed by atoms with E-state index >= 15 is 0 Å². The Balaban J connectivity index is 2.25. The standard InChI is InChI=1S/C14H18N2O4/c1-20-12-9-5-8-11(16(18)19)13(12)14(17)15-10-6-3-2-4-7-10/h5,8-10H,2-4,6-7H2,1H3,(H,15,17). The number of nitro benzene ring substituents is 1. The van der Waals surface area contributed by atoms with Gasteiger partial charge in [0.1, 0.15) is 5.75 Å². The van der Waals surface area contributed by atoms with Gasteiger partial charge in [0.05, 0.1) is 12.0 Å². The molecule has 0 bridgehead atoms. The minimum atomic E-state index is -0.557. The van der Waals surface area contributed by atoms with Crippen molar-refractivity contribution in [2.75, 3.05) is 7.11 Å². The van der Waals surface area contributed by atoms with E-state index in [-0.39, 0.29) is 23.0 Å². The Morgan fingerprint density at radius 2 is 2.05 bits per heavy atom. The lowest BCUT2D eigenvalue weighted by atomic mass is 9.95. The second-order valence-corrected chi connectivity index (χ2v) is 4.92. The van der Waals surface area contributed by atoms with Crippen LogP contribution in [0.1, 0.15) is 42.5 Å². The van der Waals surface area contributed by atoms with Crippen LogP contribution in [0.5, 0.6) is 5.75 Å². The van der Waals surface area contributed by atoms with Gasteiger partial charge in [0.2, 0.25) is 0 Å². The fourth-order valence-electron chi connectivity index (χ4n) is 2.57. The predicted octanol–water partition coefficient (Wildman–Crippen LogP) is 2.67. The van der Waals surface area contributed by atoms with Crippen LogP contribution < -0.4 is 10.1 Å². The summed E-state index contributed by atoms with van der Waals surface area (Å²) in [4.78, 5) is 22.8. The molecule has 6 nitrogen and oxygen atoms in total. The van der Waals surface area contributed by atoms with Crippen LogP contribution in [-0.2, 0) is 0 Å². The minimum absolute atomic E-state index is 0.00516. The molecule has 1 saturated carbocycles. The predicted molar refractivity (Wildman–Crippen MR) is 74.0 cm³/mol. The van der Waals surface area contributed by atoms with E-state index in [1.807, 2.05) is 0 Å². The first-order valence-corrected chi connectivity index (χ1v) is 6.75. The monoisotopic (exact) mass is 278 g/mol. The van der Waals surface area contributed by atoms with Gasteiger partial charge in [0.15, 0.2) is 5.56 Å². The van der Waals surface area contributed by atoms with Gasteiger partial charge in [0.25, 0.3) is 11.6 Å². The van der Waals surface area contributed by atoms with Gasteiger partial charge in [-0.25, -0.2) is 0 Å². The molecular weight excluding hydrogens is 260 g/mol. The summed E-state index contributed by atoms with van der Waals surface area (Å²) in [5.41, 5.74) is -0.219. The van der Waals surface area contributed by atoms with Crippen LogP contribution in [0.2, 0.25) is 0 Å². The summed E-state index contributed by atoms with van der Waals surface area (Å²) in [5.74, 6) is -0.200. The maximum atomic E-state index is 12.3. The molecule has 0 spiro atoms. The van der Waals surface area contributed by atoms with Gasteiger partial charge in [-0.1, -0.05) is 25.3 Å². The number of carbonyl (C=O) groups excluding carboxylic acids is 1. The third-order valence-corrected chi connectivity index (χ3v) is 3.59. The summed E-state index contributed by atoms with van der Waals surface area (Å²) in [5, 5.41) is 13.9. The molecule has 1 aliphatic rings. The van der Waals surface area contributed by atoms with Gasteiger partial charge >= 0.3 is 0 Å². The molecule has 0 saturated heterocycles. The maximum Gasteiger partial charge on any atom is 0.285 e. The Kier molecular flexibility index (Phi) is 4.55. The molecular formula is C14H18N2O4. The average Bonchev–Trinajstić information content (AvgIpc) is 2.47. The first-order valence-electron chi connectivity index (χ1n) is 6.75. The van der Waals surface area contributed by atoms with E-state index in [2.05, 4.69) is 5.32 Å². The Morgan fingerprint density at radius 3 is 2.65 bits per heavy atom. The number of nitrogens with one attached hydrogen (secondary N) is 1. The normalized spacial score (nSPS) is 15.7. The first-order chi connectivity index (χ1) is 9.63. The number of hydrogen-bond acceptors (Lipinski definition) is 4. The largest absolute Gasteiger partial charge is 0.496 e. The quantitative estimate of drug-likeness (QED) is 0.678. The zero-order chi connectivity index (χ0) is 14.5. The highest BCUT2D eigenvalue weighted by molar-refractivity contribution is 6.01. The number of ether oxygens (including phenoxy) is 1. The number of nitrogens with zero attached hydrogens (tertiary/aromatic N) is 1. The van der Waals surface area contributed by atoms with Crippen molar-refractivity contribution in [2.24, 2.45) is 0 Å².